The van der Waals surface area contributed by atoms with Gasteiger partial charge in [-0.15, -0.1) is 0 Å². The number of aromatic hydroxyl groups is 2. The Morgan fingerprint density at radius 3 is 1.58 bits per heavy atom. The van der Waals surface area contributed by atoms with Gasteiger partial charge >= 0.3 is 0 Å². The van der Waals surface area contributed by atoms with Crippen LogP contribution in [0.3, 0.4) is 0 Å². The fourth-order valence-electron chi connectivity index (χ4n) is 6.80. The van der Waals surface area contributed by atoms with Gasteiger partial charge in [-0.2, -0.15) is 0 Å². The number of phenols is 2. The minimum absolute atomic E-state index is 0.0632. The van der Waals surface area contributed by atoms with Gasteiger partial charge in [0.15, 0.2) is 0 Å². The van der Waals surface area contributed by atoms with Gasteiger partial charge in [0, 0.05) is 17.3 Å². The number of hydrogen-bond donors (Lipinski definition) is 2. The number of amides is 1. The zero-order valence-electron chi connectivity index (χ0n) is 28.0. The average Bonchev–Trinajstić information content (AvgIpc) is 3.45. The summed E-state index contributed by atoms with van der Waals surface area (Å²) in [6.45, 7) is 0. The van der Waals surface area contributed by atoms with E-state index in [0.717, 1.165) is 22.4 Å². The van der Waals surface area contributed by atoms with Crippen LogP contribution in [0.5, 0.6) is 34.5 Å². The van der Waals surface area contributed by atoms with Crippen molar-refractivity contribution >= 4 is 21.4 Å². The van der Waals surface area contributed by atoms with Crippen molar-refractivity contribution in [2.24, 2.45) is 0 Å². The van der Waals surface area contributed by atoms with Crippen molar-refractivity contribution in [2.45, 2.75) is 15.3 Å². The molecule has 1 amide bonds. The van der Waals surface area contributed by atoms with Crippen molar-refractivity contribution < 1.29 is 32.9 Å². The lowest BCUT2D eigenvalue weighted by molar-refractivity contribution is 0.0986. The molecule has 1 aliphatic heterocycles. The van der Waals surface area contributed by atoms with E-state index in [1.807, 2.05) is 91.0 Å². The van der Waals surface area contributed by atoms with Gasteiger partial charge in [-0.25, -0.2) is 8.42 Å². The lowest BCUT2D eigenvalue weighted by Crippen LogP contribution is -2.46. The van der Waals surface area contributed by atoms with Crippen LogP contribution in [0.15, 0.2) is 186 Å². The van der Waals surface area contributed by atoms with Crippen molar-refractivity contribution in [3.05, 3.63) is 198 Å². The van der Waals surface area contributed by atoms with E-state index in [0.29, 0.717) is 28.6 Å². The minimum atomic E-state index is -3.83. The molecule has 1 unspecified atom stereocenters. The predicted octanol–water partition coefficient (Wildman–Crippen LogP) is 9.47. The Balaban J connectivity index is 1.07. The molecule has 7 aromatic rings. The van der Waals surface area contributed by atoms with Crippen LogP contribution in [0.4, 0.5) is 5.69 Å². The number of sulfone groups is 1. The monoisotopic (exact) mass is 717 g/mol. The number of ether oxygens (including phenoxy) is 2. The van der Waals surface area contributed by atoms with E-state index in [9.17, 15) is 23.4 Å². The zero-order chi connectivity index (χ0) is 36.6. The molecule has 7 aromatic carbocycles. The lowest BCUT2D eigenvalue weighted by Gasteiger charge is -2.40. The number of rotatable bonds is 9. The van der Waals surface area contributed by atoms with Gasteiger partial charge in [-0.3, -0.25) is 9.69 Å². The van der Waals surface area contributed by atoms with Gasteiger partial charge in [-0.05, 0) is 120 Å². The quantitative estimate of drug-likeness (QED) is 0.153. The third-order valence-corrected chi connectivity index (χ3v) is 11.0. The third-order valence-electron chi connectivity index (χ3n) is 9.21. The molecule has 0 fully saturated rings. The molecule has 0 radical (unpaired) electrons. The van der Waals surface area contributed by atoms with E-state index in [-0.39, 0.29) is 27.2 Å². The molecule has 1 heterocycles. The number of carbonyl (C=O) groups excluding carboxylic acids is 1. The first-order valence-electron chi connectivity index (χ1n) is 16.7. The van der Waals surface area contributed by atoms with E-state index in [1.165, 1.54) is 36.4 Å². The maximum atomic E-state index is 14.2. The fraction of sp³-hybridized carbons (Fsp3) is 0.0227. The van der Waals surface area contributed by atoms with Crippen LogP contribution in [0.2, 0.25) is 0 Å². The second-order valence-corrected chi connectivity index (χ2v) is 14.4. The summed E-state index contributed by atoms with van der Waals surface area (Å²) in [4.78, 5) is 16.2. The average molecular weight is 718 g/mol. The summed E-state index contributed by atoms with van der Waals surface area (Å²) < 4.78 is 38.7. The molecule has 0 aromatic heterocycles. The smallest absolute Gasteiger partial charge is 0.260 e. The van der Waals surface area contributed by atoms with Crippen LogP contribution >= 0.6 is 0 Å². The molecule has 9 heteroatoms. The van der Waals surface area contributed by atoms with Crippen LogP contribution in [-0.2, 0) is 15.4 Å². The van der Waals surface area contributed by atoms with Crippen LogP contribution in [0, 0.1) is 0 Å². The molecule has 0 saturated carbocycles. The number of benzene rings is 7. The van der Waals surface area contributed by atoms with E-state index in [1.54, 1.807) is 53.4 Å². The highest BCUT2D eigenvalue weighted by atomic mass is 32.2. The molecule has 8 nitrogen and oxygen atoms in total. The molecule has 0 aliphatic carbocycles. The highest BCUT2D eigenvalue weighted by Crippen LogP contribution is 2.51. The van der Waals surface area contributed by atoms with Crippen molar-refractivity contribution in [3.63, 3.8) is 0 Å². The Morgan fingerprint density at radius 1 is 0.491 bits per heavy atom. The summed E-state index contributed by atoms with van der Waals surface area (Å²) in [6, 6.07) is 50.0. The maximum Gasteiger partial charge on any atom is 0.260 e. The minimum Gasteiger partial charge on any atom is -0.508 e. The van der Waals surface area contributed by atoms with Gasteiger partial charge in [0.25, 0.3) is 5.91 Å². The number of para-hydroxylation sites is 1. The first-order chi connectivity index (χ1) is 25.7. The maximum absolute atomic E-state index is 14.2. The van der Waals surface area contributed by atoms with Gasteiger partial charge in [0.1, 0.15) is 40.0 Å². The summed E-state index contributed by atoms with van der Waals surface area (Å²) in [6.07, 6.45) is 0. The molecule has 0 spiro atoms. The van der Waals surface area contributed by atoms with Crippen LogP contribution in [0.25, 0.3) is 0 Å². The molecule has 1 aliphatic rings. The molecule has 1 atom stereocenters. The molecular formula is C44H31NO7S. The SMILES string of the molecule is O=C1c2ccccc2C(c2ccc(O)cc2)(c2ccc(Oc3ccc(S(=O)(=O)c4ccc(Oc5cccc(O)c5)cc4)cc3)cc2)N1c1ccccc1. The largest absolute Gasteiger partial charge is 0.508 e. The number of nitrogens with zero attached hydrogens (tertiary/aromatic N) is 1. The van der Waals surface area contributed by atoms with E-state index in [2.05, 4.69) is 0 Å². The van der Waals surface area contributed by atoms with Crippen LogP contribution < -0.4 is 14.4 Å². The number of hydrogen-bond acceptors (Lipinski definition) is 7. The zero-order valence-corrected chi connectivity index (χ0v) is 28.9. The third kappa shape index (κ3) is 6.03. The topological polar surface area (TPSA) is 113 Å². The predicted molar refractivity (Wildman–Crippen MR) is 201 cm³/mol. The first-order valence-corrected chi connectivity index (χ1v) is 18.2. The van der Waals surface area contributed by atoms with E-state index >= 15 is 0 Å². The summed E-state index contributed by atoms with van der Waals surface area (Å²) >= 11 is 0. The fourth-order valence-corrected chi connectivity index (χ4v) is 8.06. The Hall–Kier alpha value is -6.84. The summed E-state index contributed by atoms with van der Waals surface area (Å²) in [5.74, 6) is 1.83. The van der Waals surface area contributed by atoms with Crippen molar-refractivity contribution in [1.82, 2.24) is 0 Å². The van der Waals surface area contributed by atoms with Crippen molar-refractivity contribution in [2.75, 3.05) is 4.90 Å². The van der Waals surface area contributed by atoms with Gasteiger partial charge < -0.3 is 19.7 Å². The van der Waals surface area contributed by atoms with Gasteiger partial charge in [0.2, 0.25) is 9.84 Å². The molecule has 8 rings (SSSR count). The molecule has 2 N–H and O–H groups in total. The van der Waals surface area contributed by atoms with Crippen molar-refractivity contribution in [1.29, 1.82) is 0 Å². The number of phenolic OH excluding ortho intramolecular Hbond substituents is 2. The Bertz CT molecular complexity index is 2540. The molecular weight excluding hydrogens is 687 g/mol. The summed E-state index contributed by atoms with van der Waals surface area (Å²) in [5.41, 5.74) is 2.64. The number of fused-ring (bicyclic) bond motifs is 1. The highest BCUT2D eigenvalue weighted by molar-refractivity contribution is 7.91. The highest BCUT2D eigenvalue weighted by Gasteiger charge is 2.52. The van der Waals surface area contributed by atoms with Gasteiger partial charge in [-0.1, -0.05) is 66.7 Å². The van der Waals surface area contributed by atoms with E-state index < -0.39 is 15.4 Å². The molecule has 53 heavy (non-hydrogen) atoms. The molecule has 0 saturated heterocycles. The number of anilines is 1. The molecule has 260 valence electrons. The number of carbonyl (C=O) groups is 1. The first kappa shape index (κ1) is 33.3. The van der Waals surface area contributed by atoms with Crippen LogP contribution in [0.1, 0.15) is 27.0 Å². The summed E-state index contributed by atoms with van der Waals surface area (Å²) in [5, 5.41) is 19.9. The van der Waals surface area contributed by atoms with Gasteiger partial charge in [0.05, 0.1) is 9.79 Å². The Kier molecular flexibility index (Phi) is 8.40. The van der Waals surface area contributed by atoms with Crippen molar-refractivity contribution in [3.8, 4) is 34.5 Å². The summed E-state index contributed by atoms with van der Waals surface area (Å²) in [7, 11) is -3.83. The molecule has 0 bridgehead atoms. The second kappa shape index (κ2) is 13.4. The Morgan fingerprint density at radius 2 is 1.00 bits per heavy atom. The lowest BCUT2D eigenvalue weighted by atomic mass is 9.76. The Labute approximate surface area is 306 Å². The van der Waals surface area contributed by atoms with Crippen LogP contribution in [-0.4, -0.2) is 24.5 Å². The standard InChI is InChI=1S/C44H31NO7S/c46-33-17-13-30(14-18-33)44(42-12-5-4-11-41(42)43(48)45(44)32-7-2-1-3-8-32)31-15-19-35(20-16-31)51-36-21-25-39(26-22-36)53(49,50)40-27-23-37(24-28-40)52-38-10-6-9-34(47)29-38/h1-29,46-47H. The second-order valence-electron chi connectivity index (χ2n) is 12.5. The normalized spacial score (nSPS) is 15.2. The van der Waals surface area contributed by atoms with E-state index in [4.69, 9.17) is 9.47 Å².